The minimum absolute atomic E-state index is 0.115. The minimum Gasteiger partial charge on any atom is -0.393 e. The second kappa shape index (κ2) is 10.0. The lowest BCUT2D eigenvalue weighted by Crippen LogP contribution is -2.39. The van der Waals surface area contributed by atoms with Crippen LogP contribution in [0, 0.1) is 28.6 Å². The molecular weight excluding hydrogens is 424 g/mol. The first kappa shape index (κ1) is 25.9. The molecule has 0 aromatic carbocycles. The highest BCUT2D eigenvalue weighted by atomic mass is 16.3. The first-order chi connectivity index (χ1) is 16.1. The molecule has 34 heavy (non-hydrogen) atoms. The number of Topliss-reactive ketones (excluding diaryl/α,β-unsaturated/α-hetero) is 1. The van der Waals surface area contributed by atoms with Gasteiger partial charge in [-0.2, -0.15) is 0 Å². The summed E-state index contributed by atoms with van der Waals surface area (Å²) in [6.45, 7) is 10.7. The van der Waals surface area contributed by atoms with Crippen LogP contribution in [0.5, 0.6) is 0 Å². The summed E-state index contributed by atoms with van der Waals surface area (Å²) in [5.41, 5.74) is 3.29. The number of aliphatic hydroxyl groups is 3. The third kappa shape index (κ3) is 4.88. The van der Waals surface area contributed by atoms with Gasteiger partial charge in [0.25, 0.3) is 0 Å². The van der Waals surface area contributed by atoms with Crippen LogP contribution in [0.3, 0.4) is 0 Å². The molecule has 0 radical (unpaired) electrons. The Morgan fingerprint density at radius 2 is 1.94 bits per heavy atom. The van der Waals surface area contributed by atoms with Gasteiger partial charge >= 0.3 is 0 Å². The second-order valence-electron chi connectivity index (χ2n) is 12.2. The van der Waals surface area contributed by atoms with Crippen molar-refractivity contribution in [2.24, 2.45) is 28.6 Å². The van der Waals surface area contributed by atoms with E-state index in [1.807, 2.05) is 6.92 Å². The van der Waals surface area contributed by atoms with Gasteiger partial charge in [0.05, 0.1) is 18.3 Å². The molecule has 0 heterocycles. The summed E-state index contributed by atoms with van der Waals surface area (Å²) in [5.74, 6) is 1.65. The van der Waals surface area contributed by atoms with Crippen LogP contribution < -0.4 is 0 Å². The van der Waals surface area contributed by atoms with E-state index in [2.05, 4.69) is 32.6 Å². The van der Waals surface area contributed by atoms with E-state index >= 15 is 0 Å². The summed E-state index contributed by atoms with van der Waals surface area (Å²) in [5, 5.41) is 31.4. The first-order valence-electron chi connectivity index (χ1n) is 13.8. The Balaban J connectivity index is 1.43. The highest BCUT2D eigenvalue weighted by Gasteiger charge is 2.52. The largest absolute Gasteiger partial charge is 0.393 e. The highest BCUT2D eigenvalue weighted by Crippen LogP contribution is 2.60. The summed E-state index contributed by atoms with van der Waals surface area (Å²) in [4.78, 5) is 12.3. The molecule has 4 aliphatic rings. The molecule has 0 aromatic heterocycles. The second-order valence-corrected chi connectivity index (χ2v) is 12.2. The van der Waals surface area contributed by atoms with Crippen molar-refractivity contribution in [1.29, 1.82) is 0 Å². The van der Waals surface area contributed by atoms with Crippen LogP contribution in [0.4, 0.5) is 0 Å². The zero-order chi connectivity index (χ0) is 24.7. The Bertz CT molecular complexity index is 850. The van der Waals surface area contributed by atoms with Gasteiger partial charge < -0.3 is 15.3 Å². The lowest BCUT2D eigenvalue weighted by atomic mass is 9.60. The lowest BCUT2D eigenvalue weighted by Gasteiger charge is -2.45. The maximum Gasteiger partial charge on any atom is 0.138 e. The fourth-order valence-electron chi connectivity index (χ4n) is 7.76. The maximum atomic E-state index is 12.3. The summed E-state index contributed by atoms with van der Waals surface area (Å²) >= 11 is 0. The van der Waals surface area contributed by atoms with Gasteiger partial charge in [-0.25, -0.2) is 0 Å². The molecule has 0 saturated heterocycles. The number of hydrogen-bond acceptors (Lipinski definition) is 4. The molecule has 4 aliphatic carbocycles. The van der Waals surface area contributed by atoms with Crippen LogP contribution in [0.2, 0.25) is 0 Å². The van der Waals surface area contributed by atoms with Crippen LogP contribution in [0.15, 0.2) is 35.5 Å². The SMILES string of the molecule is C=C1/C(=C\C=C2/CCC[C@]3(C)[C@@H]([C@H](C)[C@@H](O)CCC4(C(=O)CC)CC4)CC[C@@H]23)C[C@@H](O)C[C@@H]1O. The van der Waals surface area contributed by atoms with E-state index in [0.29, 0.717) is 36.9 Å². The van der Waals surface area contributed by atoms with Crippen molar-refractivity contribution in [2.75, 3.05) is 0 Å². The molecule has 0 spiro atoms. The van der Waals surface area contributed by atoms with Crippen molar-refractivity contribution in [3.05, 3.63) is 35.5 Å². The average Bonchev–Trinajstić information content (AvgIpc) is 3.52. The fraction of sp³-hybridized carbons (Fsp3) is 0.767. The molecule has 4 nitrogen and oxygen atoms in total. The number of carbonyl (C=O) groups is 1. The van der Waals surface area contributed by atoms with Gasteiger partial charge in [0, 0.05) is 18.3 Å². The van der Waals surface area contributed by atoms with Crippen LogP contribution in [-0.2, 0) is 4.79 Å². The fourth-order valence-corrected chi connectivity index (χ4v) is 7.76. The monoisotopic (exact) mass is 470 g/mol. The summed E-state index contributed by atoms with van der Waals surface area (Å²) < 4.78 is 0. The normalized spacial score (nSPS) is 39.2. The Labute approximate surface area is 206 Å². The molecular formula is C30H46O4. The number of allylic oxidation sites excluding steroid dienone is 3. The van der Waals surface area contributed by atoms with Crippen molar-refractivity contribution < 1.29 is 20.1 Å². The molecule has 190 valence electrons. The van der Waals surface area contributed by atoms with E-state index in [-0.39, 0.29) is 22.9 Å². The van der Waals surface area contributed by atoms with Crippen molar-refractivity contribution in [3.63, 3.8) is 0 Å². The smallest absolute Gasteiger partial charge is 0.138 e. The third-order valence-electron chi connectivity index (χ3n) is 10.2. The Morgan fingerprint density at radius 3 is 2.62 bits per heavy atom. The first-order valence-corrected chi connectivity index (χ1v) is 13.8. The Morgan fingerprint density at radius 1 is 1.21 bits per heavy atom. The topological polar surface area (TPSA) is 77.8 Å². The van der Waals surface area contributed by atoms with Crippen LogP contribution in [0.1, 0.15) is 97.8 Å². The number of fused-ring (bicyclic) bond motifs is 1. The predicted octanol–water partition coefficient (Wildman–Crippen LogP) is 5.66. The molecule has 4 fully saturated rings. The van der Waals surface area contributed by atoms with Gasteiger partial charge in [-0.3, -0.25) is 4.79 Å². The number of ketones is 1. The van der Waals surface area contributed by atoms with Gasteiger partial charge in [-0.15, -0.1) is 0 Å². The highest BCUT2D eigenvalue weighted by molar-refractivity contribution is 5.87. The average molecular weight is 471 g/mol. The molecule has 0 bridgehead atoms. The standard InChI is InChI=1S/C30H46O4/c1-5-28(34)30(15-16-30)14-12-26(32)20(3)24-10-11-25-21(7-6-13-29(24,25)4)8-9-22-17-23(31)18-27(33)19(22)2/h8-9,20,23-27,31-33H,2,5-7,10-18H2,1,3-4H3/b21-8+,22-9-/t20-,23+,24+,25-,26-,27-,29+/m0/s1. The number of aliphatic hydroxyl groups excluding tert-OH is 3. The summed E-state index contributed by atoms with van der Waals surface area (Å²) in [6, 6.07) is 0. The van der Waals surface area contributed by atoms with Gasteiger partial charge in [-0.05, 0) is 98.5 Å². The Kier molecular flexibility index (Phi) is 7.62. The number of hydrogen-bond donors (Lipinski definition) is 3. The van der Waals surface area contributed by atoms with E-state index in [0.717, 1.165) is 56.1 Å². The number of rotatable bonds is 8. The van der Waals surface area contributed by atoms with E-state index in [9.17, 15) is 20.1 Å². The zero-order valence-electron chi connectivity index (χ0n) is 21.6. The van der Waals surface area contributed by atoms with Gasteiger partial charge in [0.15, 0.2) is 0 Å². The van der Waals surface area contributed by atoms with Gasteiger partial charge in [0.2, 0.25) is 0 Å². The van der Waals surface area contributed by atoms with Crippen molar-refractivity contribution >= 4 is 5.78 Å². The summed E-state index contributed by atoms with van der Waals surface area (Å²) in [7, 11) is 0. The van der Waals surface area contributed by atoms with E-state index in [1.165, 1.54) is 18.4 Å². The third-order valence-corrected chi connectivity index (χ3v) is 10.2. The summed E-state index contributed by atoms with van der Waals surface area (Å²) in [6.07, 6.45) is 13.8. The van der Waals surface area contributed by atoms with Crippen molar-refractivity contribution in [3.8, 4) is 0 Å². The predicted molar refractivity (Wildman–Crippen MR) is 136 cm³/mol. The molecule has 3 N–H and O–H groups in total. The van der Waals surface area contributed by atoms with Crippen LogP contribution in [-0.4, -0.2) is 39.4 Å². The zero-order valence-corrected chi connectivity index (χ0v) is 21.6. The lowest BCUT2D eigenvalue weighted by molar-refractivity contribution is -0.124. The van der Waals surface area contributed by atoms with Crippen LogP contribution in [0.25, 0.3) is 0 Å². The molecule has 0 aliphatic heterocycles. The van der Waals surface area contributed by atoms with Crippen molar-refractivity contribution in [1.82, 2.24) is 0 Å². The van der Waals surface area contributed by atoms with E-state index in [1.54, 1.807) is 0 Å². The molecule has 0 amide bonds. The van der Waals surface area contributed by atoms with Crippen LogP contribution >= 0.6 is 0 Å². The molecule has 7 atom stereocenters. The van der Waals surface area contributed by atoms with Crippen molar-refractivity contribution in [2.45, 2.75) is 116 Å². The van der Waals surface area contributed by atoms with Gasteiger partial charge in [-0.1, -0.05) is 45.1 Å². The maximum absolute atomic E-state index is 12.3. The number of carbonyl (C=O) groups excluding carboxylic acids is 1. The quantitative estimate of drug-likeness (QED) is 0.427. The van der Waals surface area contributed by atoms with E-state index in [4.69, 9.17) is 0 Å². The van der Waals surface area contributed by atoms with E-state index < -0.39 is 12.2 Å². The molecule has 0 aromatic rings. The molecule has 4 heteroatoms. The Hall–Kier alpha value is -1.23. The minimum atomic E-state index is -0.648. The molecule has 4 rings (SSSR count). The molecule has 4 saturated carbocycles. The van der Waals surface area contributed by atoms with Gasteiger partial charge in [0.1, 0.15) is 5.78 Å². The molecule has 0 unspecified atom stereocenters.